The van der Waals surface area contributed by atoms with Crippen LogP contribution in [-0.4, -0.2) is 48.0 Å². The van der Waals surface area contributed by atoms with Gasteiger partial charge in [-0.25, -0.2) is 0 Å². The molecule has 0 saturated carbocycles. The number of rotatable bonds is 2. The second-order valence-electron chi connectivity index (χ2n) is 5.30. The number of aromatic nitrogens is 1. The minimum Gasteiger partial charge on any atom is -0.398 e. The van der Waals surface area contributed by atoms with Crippen LogP contribution in [0, 0.1) is 0 Å². The number of para-hydroxylation sites is 1. The molecular formula is C15H20N4. The second-order valence-corrected chi connectivity index (χ2v) is 5.30. The van der Waals surface area contributed by atoms with Crippen LogP contribution in [0.5, 0.6) is 0 Å². The maximum atomic E-state index is 6.12. The fraction of sp³-hybridized carbons (Fsp3) is 0.400. The van der Waals surface area contributed by atoms with Crippen molar-refractivity contribution < 1.29 is 0 Å². The molecule has 0 bridgehead atoms. The van der Waals surface area contributed by atoms with E-state index < -0.39 is 0 Å². The van der Waals surface area contributed by atoms with Crippen LogP contribution < -0.4 is 5.73 Å². The quantitative estimate of drug-likeness (QED) is 0.886. The van der Waals surface area contributed by atoms with Gasteiger partial charge in [-0.2, -0.15) is 0 Å². The topological polar surface area (TPSA) is 45.4 Å². The first-order valence-corrected chi connectivity index (χ1v) is 6.77. The van der Waals surface area contributed by atoms with Crippen LogP contribution in [0.4, 0.5) is 5.69 Å². The molecule has 1 aromatic heterocycles. The minimum atomic E-state index is 0.828. The largest absolute Gasteiger partial charge is 0.398 e. The van der Waals surface area contributed by atoms with Gasteiger partial charge in [0.1, 0.15) is 0 Å². The summed E-state index contributed by atoms with van der Waals surface area (Å²) in [6.45, 7) is 5.35. The zero-order chi connectivity index (χ0) is 13.2. The molecule has 2 N–H and O–H groups in total. The van der Waals surface area contributed by atoms with Crippen molar-refractivity contribution in [2.45, 2.75) is 6.54 Å². The maximum Gasteiger partial charge on any atom is 0.0726 e. The molecule has 19 heavy (non-hydrogen) atoms. The number of nitrogens with zero attached hydrogens (tertiary/aromatic N) is 3. The summed E-state index contributed by atoms with van der Waals surface area (Å²) in [5.41, 5.74) is 9.01. The second kappa shape index (κ2) is 5.15. The lowest BCUT2D eigenvalue weighted by Gasteiger charge is -2.32. The molecule has 100 valence electrons. The average Bonchev–Trinajstić information content (AvgIpc) is 2.42. The van der Waals surface area contributed by atoms with Crippen LogP contribution in [0.15, 0.2) is 30.3 Å². The Labute approximate surface area is 113 Å². The Morgan fingerprint density at radius 2 is 1.89 bits per heavy atom. The smallest absolute Gasteiger partial charge is 0.0726 e. The number of pyridine rings is 1. The Morgan fingerprint density at radius 1 is 1.16 bits per heavy atom. The first-order valence-electron chi connectivity index (χ1n) is 6.77. The number of benzene rings is 1. The Bertz CT molecular complexity index is 573. The molecule has 0 unspecified atom stereocenters. The van der Waals surface area contributed by atoms with Gasteiger partial charge in [-0.3, -0.25) is 9.88 Å². The molecule has 0 atom stereocenters. The molecule has 3 rings (SSSR count). The molecule has 2 aromatic rings. The van der Waals surface area contributed by atoms with Gasteiger partial charge in [0.05, 0.1) is 11.2 Å². The Kier molecular flexibility index (Phi) is 3.36. The van der Waals surface area contributed by atoms with Gasteiger partial charge in [-0.15, -0.1) is 0 Å². The average molecular weight is 256 g/mol. The third kappa shape index (κ3) is 2.69. The molecular weight excluding hydrogens is 236 g/mol. The predicted molar refractivity (Wildman–Crippen MR) is 78.9 cm³/mol. The summed E-state index contributed by atoms with van der Waals surface area (Å²) in [5, 5.41) is 1.05. The minimum absolute atomic E-state index is 0.828. The molecule has 1 saturated heterocycles. The van der Waals surface area contributed by atoms with Crippen molar-refractivity contribution in [3.8, 4) is 0 Å². The Balaban J connectivity index is 1.81. The van der Waals surface area contributed by atoms with Gasteiger partial charge in [0, 0.05) is 43.8 Å². The summed E-state index contributed by atoms with van der Waals surface area (Å²) in [4.78, 5) is 9.51. The Hall–Kier alpha value is -1.65. The van der Waals surface area contributed by atoms with E-state index >= 15 is 0 Å². The monoisotopic (exact) mass is 256 g/mol. The predicted octanol–water partition coefficient (Wildman–Crippen LogP) is 1.56. The third-order valence-electron chi connectivity index (χ3n) is 3.78. The van der Waals surface area contributed by atoms with Crippen molar-refractivity contribution in [1.29, 1.82) is 0 Å². The van der Waals surface area contributed by atoms with Gasteiger partial charge in [0.15, 0.2) is 0 Å². The van der Waals surface area contributed by atoms with Crippen molar-refractivity contribution in [1.82, 2.24) is 14.8 Å². The number of nitrogen functional groups attached to an aromatic ring is 1. The summed E-state index contributed by atoms with van der Waals surface area (Å²) < 4.78 is 0. The van der Waals surface area contributed by atoms with E-state index in [4.69, 9.17) is 10.7 Å². The lowest BCUT2D eigenvalue weighted by Crippen LogP contribution is -2.44. The number of hydrogen-bond acceptors (Lipinski definition) is 4. The van der Waals surface area contributed by atoms with E-state index in [1.807, 2.05) is 30.3 Å². The van der Waals surface area contributed by atoms with Crippen molar-refractivity contribution in [3.63, 3.8) is 0 Å². The van der Waals surface area contributed by atoms with Crippen LogP contribution in [0.3, 0.4) is 0 Å². The van der Waals surface area contributed by atoms with Crippen LogP contribution >= 0.6 is 0 Å². The molecule has 4 heteroatoms. The van der Waals surface area contributed by atoms with Crippen molar-refractivity contribution in [3.05, 3.63) is 36.0 Å². The lowest BCUT2D eigenvalue weighted by molar-refractivity contribution is 0.147. The zero-order valence-corrected chi connectivity index (χ0v) is 11.3. The number of nitrogens with two attached hydrogens (primary N) is 1. The summed E-state index contributed by atoms with van der Waals surface area (Å²) >= 11 is 0. The van der Waals surface area contributed by atoms with E-state index in [9.17, 15) is 0 Å². The first kappa shape index (κ1) is 12.4. The number of likely N-dealkylation sites (N-methyl/N-ethyl adjacent to an activating group) is 1. The van der Waals surface area contributed by atoms with Gasteiger partial charge in [-0.05, 0) is 19.2 Å². The summed E-state index contributed by atoms with van der Waals surface area (Å²) in [5.74, 6) is 0. The number of hydrogen-bond donors (Lipinski definition) is 1. The van der Waals surface area contributed by atoms with E-state index in [0.717, 1.165) is 55.0 Å². The van der Waals surface area contributed by atoms with Crippen molar-refractivity contribution >= 4 is 16.6 Å². The summed E-state index contributed by atoms with van der Waals surface area (Å²) in [6.07, 6.45) is 0. The highest BCUT2D eigenvalue weighted by Crippen LogP contribution is 2.20. The Morgan fingerprint density at radius 3 is 2.68 bits per heavy atom. The van der Waals surface area contributed by atoms with Crippen LogP contribution in [0.25, 0.3) is 10.9 Å². The fourth-order valence-electron chi connectivity index (χ4n) is 2.58. The van der Waals surface area contributed by atoms with Crippen LogP contribution in [0.1, 0.15) is 5.69 Å². The highest BCUT2D eigenvalue weighted by molar-refractivity contribution is 5.90. The highest BCUT2D eigenvalue weighted by Gasteiger charge is 2.14. The van der Waals surface area contributed by atoms with Gasteiger partial charge < -0.3 is 10.6 Å². The normalized spacial score (nSPS) is 17.9. The molecule has 0 radical (unpaired) electrons. The fourth-order valence-corrected chi connectivity index (χ4v) is 2.58. The maximum absolute atomic E-state index is 6.12. The lowest BCUT2D eigenvalue weighted by atomic mass is 10.1. The van der Waals surface area contributed by atoms with Crippen LogP contribution in [0.2, 0.25) is 0 Å². The van der Waals surface area contributed by atoms with Crippen molar-refractivity contribution in [2.75, 3.05) is 39.0 Å². The molecule has 0 amide bonds. The first-order chi connectivity index (χ1) is 9.22. The van der Waals surface area contributed by atoms with Gasteiger partial charge in [-0.1, -0.05) is 18.2 Å². The van der Waals surface area contributed by atoms with Gasteiger partial charge in [0.25, 0.3) is 0 Å². The standard InChI is InChI=1S/C15H20N4/c1-18-6-8-19(9-7-18)11-12-10-14(16)13-4-2-3-5-15(13)17-12/h2-5,10H,6-9,11H2,1H3,(H2,16,17). The van der Waals surface area contributed by atoms with Gasteiger partial charge in [0.2, 0.25) is 0 Å². The van der Waals surface area contributed by atoms with Gasteiger partial charge >= 0.3 is 0 Å². The summed E-state index contributed by atoms with van der Waals surface area (Å²) in [6, 6.07) is 10.1. The molecule has 2 heterocycles. The van der Waals surface area contributed by atoms with E-state index in [1.165, 1.54) is 0 Å². The number of fused-ring (bicyclic) bond motifs is 1. The molecule has 1 fully saturated rings. The van der Waals surface area contributed by atoms with Crippen molar-refractivity contribution in [2.24, 2.45) is 0 Å². The van der Waals surface area contributed by atoms with E-state index in [1.54, 1.807) is 0 Å². The number of piperazine rings is 1. The highest BCUT2D eigenvalue weighted by atomic mass is 15.2. The van der Waals surface area contributed by atoms with E-state index in [-0.39, 0.29) is 0 Å². The molecule has 4 nitrogen and oxygen atoms in total. The third-order valence-corrected chi connectivity index (χ3v) is 3.78. The summed E-state index contributed by atoms with van der Waals surface area (Å²) in [7, 11) is 2.17. The SMILES string of the molecule is CN1CCN(Cc2cc(N)c3ccccc3n2)CC1. The zero-order valence-electron chi connectivity index (χ0n) is 11.3. The van der Waals surface area contributed by atoms with E-state index in [2.05, 4.69) is 16.8 Å². The molecule has 1 aliphatic rings. The molecule has 0 spiro atoms. The molecule has 0 aliphatic carbocycles. The molecule has 1 aromatic carbocycles. The van der Waals surface area contributed by atoms with Crippen LogP contribution in [-0.2, 0) is 6.54 Å². The number of anilines is 1. The molecule has 1 aliphatic heterocycles. The van der Waals surface area contributed by atoms with E-state index in [0.29, 0.717) is 0 Å².